The maximum atomic E-state index is 11.2. The number of carbonyl (C=O) groups is 1. The molecule has 0 aliphatic heterocycles. The number of nitro groups is 1. The summed E-state index contributed by atoms with van der Waals surface area (Å²) in [5, 5.41) is 20.1. The van der Waals surface area contributed by atoms with Gasteiger partial charge in [0.15, 0.2) is 0 Å². The fourth-order valence-electron chi connectivity index (χ4n) is 2.11. The fraction of sp³-hybridized carbons (Fsp3) is 0.500. The van der Waals surface area contributed by atoms with Crippen molar-refractivity contribution in [1.29, 1.82) is 0 Å². The average molecular weight is 281 g/mol. The highest BCUT2D eigenvalue weighted by Gasteiger charge is 2.21. The third-order valence-corrected chi connectivity index (χ3v) is 2.98. The third kappa shape index (κ3) is 4.53. The van der Waals surface area contributed by atoms with Gasteiger partial charge >= 0.3 is 5.97 Å². The second-order valence-corrected chi connectivity index (χ2v) is 5.17. The molecule has 0 saturated heterocycles. The van der Waals surface area contributed by atoms with E-state index in [1.807, 2.05) is 13.8 Å². The second kappa shape index (κ2) is 6.88. The van der Waals surface area contributed by atoms with E-state index in [1.54, 1.807) is 6.07 Å². The van der Waals surface area contributed by atoms with E-state index in [0.29, 0.717) is 17.7 Å². The molecule has 0 spiro atoms. The summed E-state index contributed by atoms with van der Waals surface area (Å²) in [6.45, 7) is 3.90. The molecule has 0 saturated carbocycles. The van der Waals surface area contributed by atoms with Crippen LogP contribution in [0.15, 0.2) is 18.2 Å². The average Bonchev–Trinajstić information content (AvgIpc) is 2.36. The predicted octanol–water partition coefficient (Wildman–Crippen LogP) is 2.89. The predicted molar refractivity (Wildman–Crippen MR) is 73.9 cm³/mol. The Balaban J connectivity index is 3.02. The summed E-state index contributed by atoms with van der Waals surface area (Å²) in [7, 11) is 1.42. The summed E-state index contributed by atoms with van der Waals surface area (Å²) >= 11 is 0. The topological polar surface area (TPSA) is 89.7 Å². The molecule has 20 heavy (non-hydrogen) atoms. The van der Waals surface area contributed by atoms with E-state index in [2.05, 4.69) is 0 Å². The Morgan fingerprint density at radius 2 is 2.05 bits per heavy atom. The number of rotatable bonds is 7. The molecule has 1 aromatic rings. The van der Waals surface area contributed by atoms with Crippen molar-refractivity contribution in [2.75, 3.05) is 7.11 Å². The Bertz CT molecular complexity index is 498. The van der Waals surface area contributed by atoms with Crippen LogP contribution >= 0.6 is 0 Å². The number of carboxylic acids is 1. The van der Waals surface area contributed by atoms with Crippen molar-refractivity contribution >= 4 is 11.7 Å². The highest BCUT2D eigenvalue weighted by Crippen LogP contribution is 2.26. The van der Waals surface area contributed by atoms with Crippen molar-refractivity contribution in [3.8, 4) is 5.75 Å². The van der Waals surface area contributed by atoms with Crippen LogP contribution in [0, 0.1) is 22.0 Å². The lowest BCUT2D eigenvalue weighted by Crippen LogP contribution is -2.18. The monoisotopic (exact) mass is 281 g/mol. The first-order chi connectivity index (χ1) is 9.33. The van der Waals surface area contributed by atoms with Crippen molar-refractivity contribution in [3.05, 3.63) is 33.9 Å². The van der Waals surface area contributed by atoms with Crippen molar-refractivity contribution in [3.63, 3.8) is 0 Å². The molecule has 1 atom stereocenters. The molecule has 0 aliphatic rings. The standard InChI is InChI=1S/C14H19NO5/c1-9(2)4-11(14(16)17)5-10-6-12(15(18)19)8-13(7-10)20-3/h6-9,11H,4-5H2,1-3H3,(H,16,17). The fourth-order valence-corrected chi connectivity index (χ4v) is 2.11. The zero-order valence-electron chi connectivity index (χ0n) is 11.8. The van der Waals surface area contributed by atoms with Gasteiger partial charge in [0, 0.05) is 6.07 Å². The molecule has 0 radical (unpaired) electrons. The minimum absolute atomic E-state index is 0.0898. The van der Waals surface area contributed by atoms with Gasteiger partial charge in [-0.3, -0.25) is 14.9 Å². The Morgan fingerprint density at radius 3 is 2.50 bits per heavy atom. The lowest BCUT2D eigenvalue weighted by atomic mass is 9.91. The summed E-state index contributed by atoms with van der Waals surface area (Å²) < 4.78 is 5.02. The Labute approximate surface area is 117 Å². The molecule has 1 unspecified atom stereocenters. The van der Waals surface area contributed by atoms with E-state index < -0.39 is 16.8 Å². The maximum absolute atomic E-state index is 11.2. The molecule has 0 amide bonds. The van der Waals surface area contributed by atoms with Crippen molar-refractivity contribution in [2.45, 2.75) is 26.7 Å². The van der Waals surface area contributed by atoms with Gasteiger partial charge in [-0.15, -0.1) is 0 Å². The highest BCUT2D eigenvalue weighted by molar-refractivity contribution is 5.70. The first kappa shape index (κ1) is 15.9. The van der Waals surface area contributed by atoms with E-state index in [9.17, 15) is 20.0 Å². The normalized spacial score (nSPS) is 12.2. The van der Waals surface area contributed by atoms with Gasteiger partial charge in [-0.05, 0) is 30.4 Å². The Morgan fingerprint density at radius 1 is 1.40 bits per heavy atom. The first-order valence-corrected chi connectivity index (χ1v) is 6.38. The van der Waals surface area contributed by atoms with Crippen LogP contribution < -0.4 is 4.74 Å². The number of aliphatic carboxylic acids is 1. The summed E-state index contributed by atoms with van der Waals surface area (Å²) in [6, 6.07) is 4.36. The molecule has 6 nitrogen and oxygen atoms in total. The second-order valence-electron chi connectivity index (χ2n) is 5.17. The number of ether oxygens (including phenoxy) is 1. The number of nitrogens with zero attached hydrogens (tertiary/aromatic N) is 1. The van der Waals surface area contributed by atoms with Gasteiger partial charge in [-0.2, -0.15) is 0 Å². The molecule has 110 valence electrons. The van der Waals surface area contributed by atoms with Gasteiger partial charge < -0.3 is 9.84 Å². The summed E-state index contributed by atoms with van der Waals surface area (Å²) in [4.78, 5) is 21.6. The third-order valence-electron chi connectivity index (χ3n) is 2.98. The lowest BCUT2D eigenvalue weighted by molar-refractivity contribution is -0.385. The molecular formula is C14H19NO5. The van der Waals surface area contributed by atoms with Crippen molar-refractivity contribution < 1.29 is 19.6 Å². The minimum Gasteiger partial charge on any atom is -0.496 e. The van der Waals surface area contributed by atoms with E-state index >= 15 is 0 Å². The van der Waals surface area contributed by atoms with Crippen LogP contribution in [0.1, 0.15) is 25.8 Å². The number of carboxylic acid groups (broad SMARTS) is 1. The van der Waals surface area contributed by atoms with Crippen LogP contribution in [0.4, 0.5) is 5.69 Å². The number of benzene rings is 1. The molecule has 0 aromatic heterocycles. The van der Waals surface area contributed by atoms with Crippen LogP contribution in [-0.4, -0.2) is 23.1 Å². The zero-order chi connectivity index (χ0) is 15.3. The highest BCUT2D eigenvalue weighted by atomic mass is 16.6. The van der Waals surface area contributed by atoms with E-state index in [1.165, 1.54) is 19.2 Å². The minimum atomic E-state index is -0.885. The van der Waals surface area contributed by atoms with Gasteiger partial charge in [0.1, 0.15) is 5.75 Å². The largest absolute Gasteiger partial charge is 0.496 e. The molecule has 0 fully saturated rings. The number of hydrogen-bond donors (Lipinski definition) is 1. The molecule has 1 aromatic carbocycles. The van der Waals surface area contributed by atoms with Crippen molar-refractivity contribution in [1.82, 2.24) is 0 Å². The van der Waals surface area contributed by atoms with Crippen LogP contribution in [0.2, 0.25) is 0 Å². The zero-order valence-corrected chi connectivity index (χ0v) is 11.8. The maximum Gasteiger partial charge on any atom is 0.306 e. The molecule has 6 heteroatoms. The van der Waals surface area contributed by atoms with E-state index in [0.717, 1.165) is 0 Å². The molecule has 1 rings (SSSR count). The number of non-ortho nitro benzene ring substituents is 1. The Kier molecular flexibility index (Phi) is 5.49. The number of hydrogen-bond acceptors (Lipinski definition) is 4. The smallest absolute Gasteiger partial charge is 0.306 e. The lowest BCUT2D eigenvalue weighted by Gasteiger charge is -2.15. The molecule has 1 N–H and O–H groups in total. The summed E-state index contributed by atoms with van der Waals surface area (Å²) in [6.07, 6.45) is 0.784. The number of methoxy groups -OCH3 is 1. The first-order valence-electron chi connectivity index (χ1n) is 6.38. The van der Waals surface area contributed by atoms with E-state index in [4.69, 9.17) is 4.74 Å². The molecule has 0 bridgehead atoms. The molecular weight excluding hydrogens is 262 g/mol. The quantitative estimate of drug-likeness (QED) is 0.613. The SMILES string of the molecule is COc1cc(CC(CC(C)C)C(=O)O)cc([N+](=O)[O-])c1. The van der Waals surface area contributed by atoms with Crippen LogP contribution in [0.3, 0.4) is 0 Å². The molecule has 0 aliphatic carbocycles. The van der Waals surface area contributed by atoms with Gasteiger partial charge in [-0.25, -0.2) is 0 Å². The Hall–Kier alpha value is -2.11. The van der Waals surface area contributed by atoms with Gasteiger partial charge in [0.2, 0.25) is 0 Å². The van der Waals surface area contributed by atoms with Crippen LogP contribution in [0.25, 0.3) is 0 Å². The van der Waals surface area contributed by atoms with Crippen molar-refractivity contribution in [2.24, 2.45) is 11.8 Å². The van der Waals surface area contributed by atoms with E-state index in [-0.39, 0.29) is 18.0 Å². The summed E-state index contributed by atoms with van der Waals surface area (Å²) in [5.41, 5.74) is 0.511. The summed E-state index contributed by atoms with van der Waals surface area (Å²) in [5.74, 6) is -0.828. The van der Waals surface area contributed by atoms with Crippen LogP contribution in [0.5, 0.6) is 5.75 Å². The van der Waals surface area contributed by atoms with Gasteiger partial charge in [0.25, 0.3) is 5.69 Å². The number of nitro benzene ring substituents is 1. The van der Waals surface area contributed by atoms with Crippen LogP contribution in [-0.2, 0) is 11.2 Å². The van der Waals surface area contributed by atoms with Gasteiger partial charge in [0.05, 0.1) is 24.0 Å². The molecule has 0 heterocycles. The van der Waals surface area contributed by atoms with Gasteiger partial charge in [-0.1, -0.05) is 13.8 Å².